The predicted octanol–water partition coefficient (Wildman–Crippen LogP) is 1.46. The number of nitrogens with one attached hydrogen (secondary N) is 3. The highest BCUT2D eigenvalue weighted by atomic mass is 19.1. The summed E-state index contributed by atoms with van der Waals surface area (Å²) in [5.41, 5.74) is 0.489. The van der Waals surface area contributed by atoms with Crippen LogP contribution in [0.2, 0.25) is 0 Å². The fourth-order valence-corrected chi connectivity index (χ4v) is 1.80. The topological polar surface area (TPSA) is 70.2 Å². The van der Waals surface area contributed by atoms with Gasteiger partial charge in [0, 0.05) is 17.6 Å². The average Bonchev–Trinajstić information content (AvgIpc) is 3.20. The van der Waals surface area contributed by atoms with Crippen LogP contribution in [0.1, 0.15) is 31.4 Å². The van der Waals surface area contributed by atoms with E-state index in [1.807, 2.05) is 0 Å². The molecule has 0 aromatic heterocycles. The number of rotatable bonds is 5. The number of carbonyl (C=O) groups excluding carboxylic acids is 2. The minimum atomic E-state index is -0.474. The van der Waals surface area contributed by atoms with E-state index in [4.69, 9.17) is 0 Å². The lowest BCUT2D eigenvalue weighted by atomic mass is 10.1. The molecule has 0 aliphatic heterocycles. The second-order valence-electron chi connectivity index (χ2n) is 4.92. The van der Waals surface area contributed by atoms with Gasteiger partial charge in [-0.1, -0.05) is 18.2 Å². The van der Waals surface area contributed by atoms with Gasteiger partial charge in [-0.3, -0.25) is 10.1 Å². The van der Waals surface area contributed by atoms with E-state index in [1.165, 1.54) is 6.07 Å². The molecule has 1 aromatic rings. The molecule has 5 nitrogen and oxygen atoms in total. The molecule has 1 aliphatic carbocycles. The van der Waals surface area contributed by atoms with Gasteiger partial charge in [0.1, 0.15) is 5.82 Å². The van der Waals surface area contributed by atoms with Gasteiger partial charge in [0.15, 0.2) is 0 Å². The fourth-order valence-electron chi connectivity index (χ4n) is 1.80. The van der Waals surface area contributed by atoms with Crippen molar-refractivity contribution in [3.63, 3.8) is 0 Å². The molecular formula is C14H18FN3O2. The van der Waals surface area contributed by atoms with E-state index < -0.39 is 11.9 Å². The van der Waals surface area contributed by atoms with Gasteiger partial charge in [-0.25, -0.2) is 9.18 Å². The standard InChI is InChI=1S/C14H18FN3O2/c1-9(11-4-2-3-5-12(11)15)16-8-13(19)18-14(20)17-10-6-7-10/h2-5,9-10,16H,6-8H2,1H3,(H2,17,18,19,20). The second-order valence-corrected chi connectivity index (χ2v) is 4.92. The number of hydrogen-bond acceptors (Lipinski definition) is 3. The maximum absolute atomic E-state index is 13.5. The maximum Gasteiger partial charge on any atom is 0.321 e. The average molecular weight is 279 g/mol. The van der Waals surface area contributed by atoms with Gasteiger partial charge in [0.05, 0.1) is 6.54 Å². The van der Waals surface area contributed by atoms with Crippen molar-refractivity contribution in [2.24, 2.45) is 0 Å². The molecule has 1 aromatic carbocycles. The van der Waals surface area contributed by atoms with Crippen LogP contribution in [0.25, 0.3) is 0 Å². The number of hydrogen-bond donors (Lipinski definition) is 3. The Bertz CT molecular complexity index is 503. The van der Waals surface area contributed by atoms with Crippen molar-refractivity contribution in [1.29, 1.82) is 0 Å². The Balaban J connectivity index is 1.75. The van der Waals surface area contributed by atoms with Gasteiger partial charge < -0.3 is 10.6 Å². The van der Waals surface area contributed by atoms with Crippen LogP contribution in [0.5, 0.6) is 0 Å². The summed E-state index contributed by atoms with van der Waals surface area (Å²) < 4.78 is 13.5. The summed E-state index contributed by atoms with van der Waals surface area (Å²) in [5, 5.41) is 7.76. The lowest BCUT2D eigenvalue weighted by Crippen LogP contribution is -2.44. The molecule has 3 N–H and O–H groups in total. The first-order chi connectivity index (χ1) is 9.56. The second kappa shape index (κ2) is 6.47. The summed E-state index contributed by atoms with van der Waals surface area (Å²) in [7, 11) is 0. The van der Waals surface area contributed by atoms with Crippen LogP contribution in [-0.2, 0) is 4.79 Å². The minimum Gasteiger partial charge on any atom is -0.335 e. The van der Waals surface area contributed by atoms with E-state index in [0.29, 0.717) is 5.56 Å². The smallest absolute Gasteiger partial charge is 0.321 e. The molecular weight excluding hydrogens is 261 g/mol. The zero-order valence-corrected chi connectivity index (χ0v) is 11.3. The zero-order valence-electron chi connectivity index (χ0n) is 11.3. The molecule has 6 heteroatoms. The van der Waals surface area contributed by atoms with E-state index in [1.54, 1.807) is 25.1 Å². The molecule has 1 saturated carbocycles. The number of benzene rings is 1. The Hall–Kier alpha value is -1.95. The molecule has 0 radical (unpaired) electrons. The highest BCUT2D eigenvalue weighted by Crippen LogP contribution is 2.18. The Morgan fingerprint density at radius 2 is 2.05 bits per heavy atom. The number of urea groups is 1. The third-order valence-electron chi connectivity index (χ3n) is 3.11. The van der Waals surface area contributed by atoms with Gasteiger partial charge in [-0.2, -0.15) is 0 Å². The van der Waals surface area contributed by atoms with E-state index in [2.05, 4.69) is 16.0 Å². The van der Waals surface area contributed by atoms with E-state index >= 15 is 0 Å². The molecule has 0 saturated heterocycles. The Morgan fingerprint density at radius 1 is 1.35 bits per heavy atom. The number of amides is 3. The van der Waals surface area contributed by atoms with Crippen molar-refractivity contribution in [2.75, 3.05) is 6.54 Å². The molecule has 3 amide bonds. The monoisotopic (exact) mass is 279 g/mol. The minimum absolute atomic E-state index is 0.0480. The molecule has 108 valence electrons. The van der Waals surface area contributed by atoms with Crippen molar-refractivity contribution < 1.29 is 14.0 Å². The summed E-state index contributed by atoms with van der Waals surface area (Å²) >= 11 is 0. The summed E-state index contributed by atoms with van der Waals surface area (Å²) in [5.74, 6) is -0.759. The normalized spacial score (nSPS) is 15.5. The van der Waals surface area contributed by atoms with Crippen LogP contribution >= 0.6 is 0 Å². The van der Waals surface area contributed by atoms with Crippen LogP contribution in [-0.4, -0.2) is 24.5 Å². The number of halogens is 1. The van der Waals surface area contributed by atoms with Crippen molar-refractivity contribution in [3.05, 3.63) is 35.6 Å². The van der Waals surface area contributed by atoms with Crippen LogP contribution in [0, 0.1) is 5.82 Å². The van der Waals surface area contributed by atoms with E-state index in [9.17, 15) is 14.0 Å². The van der Waals surface area contributed by atoms with Gasteiger partial charge in [0.25, 0.3) is 0 Å². The molecule has 0 spiro atoms. The number of carbonyl (C=O) groups is 2. The molecule has 1 fully saturated rings. The fraction of sp³-hybridized carbons (Fsp3) is 0.429. The van der Waals surface area contributed by atoms with Crippen LogP contribution in [0.4, 0.5) is 9.18 Å². The van der Waals surface area contributed by atoms with Crippen molar-refractivity contribution >= 4 is 11.9 Å². The first kappa shape index (κ1) is 14.5. The zero-order chi connectivity index (χ0) is 14.5. The Morgan fingerprint density at radius 3 is 2.70 bits per heavy atom. The highest BCUT2D eigenvalue weighted by Gasteiger charge is 2.23. The summed E-state index contributed by atoms with van der Waals surface area (Å²) in [6.45, 7) is 1.71. The van der Waals surface area contributed by atoms with E-state index in [-0.39, 0.29) is 24.4 Å². The molecule has 2 rings (SSSR count). The van der Waals surface area contributed by atoms with Crippen molar-refractivity contribution in [3.8, 4) is 0 Å². The summed E-state index contributed by atoms with van der Waals surface area (Å²) in [6, 6.07) is 5.79. The molecule has 1 unspecified atom stereocenters. The molecule has 1 atom stereocenters. The molecule has 1 aliphatic rings. The van der Waals surface area contributed by atoms with Gasteiger partial charge in [0.2, 0.25) is 5.91 Å². The SMILES string of the molecule is CC(NCC(=O)NC(=O)NC1CC1)c1ccccc1F. The predicted molar refractivity (Wildman–Crippen MR) is 72.5 cm³/mol. The van der Waals surface area contributed by atoms with Gasteiger partial charge in [-0.15, -0.1) is 0 Å². The van der Waals surface area contributed by atoms with Gasteiger partial charge in [-0.05, 0) is 25.8 Å². The third kappa shape index (κ3) is 4.31. The van der Waals surface area contributed by atoms with Crippen molar-refractivity contribution in [1.82, 2.24) is 16.0 Å². The lowest BCUT2D eigenvalue weighted by Gasteiger charge is -2.14. The van der Waals surface area contributed by atoms with Crippen LogP contribution < -0.4 is 16.0 Å². The van der Waals surface area contributed by atoms with Crippen molar-refractivity contribution in [2.45, 2.75) is 31.8 Å². The maximum atomic E-state index is 13.5. The Kier molecular flexibility index (Phi) is 4.68. The number of imide groups is 1. The quantitative estimate of drug-likeness (QED) is 0.764. The highest BCUT2D eigenvalue weighted by molar-refractivity contribution is 5.95. The Labute approximate surface area is 116 Å². The molecule has 0 bridgehead atoms. The van der Waals surface area contributed by atoms with E-state index in [0.717, 1.165) is 12.8 Å². The van der Waals surface area contributed by atoms with Crippen LogP contribution in [0.3, 0.4) is 0 Å². The molecule has 0 heterocycles. The first-order valence-corrected chi connectivity index (χ1v) is 6.64. The van der Waals surface area contributed by atoms with Crippen LogP contribution in [0.15, 0.2) is 24.3 Å². The third-order valence-corrected chi connectivity index (χ3v) is 3.11. The van der Waals surface area contributed by atoms with Gasteiger partial charge >= 0.3 is 6.03 Å². The summed E-state index contributed by atoms with van der Waals surface area (Å²) in [6.07, 6.45) is 1.92. The molecule has 20 heavy (non-hydrogen) atoms. The lowest BCUT2D eigenvalue weighted by molar-refractivity contribution is -0.119. The first-order valence-electron chi connectivity index (χ1n) is 6.64. The largest absolute Gasteiger partial charge is 0.335 e. The summed E-state index contributed by atoms with van der Waals surface area (Å²) in [4.78, 5) is 22.9.